The number of hydrogen-bond donors (Lipinski definition) is 3. The molecule has 0 aliphatic carbocycles. The minimum Gasteiger partial charge on any atom is -0.507 e. The van der Waals surface area contributed by atoms with E-state index in [0.717, 1.165) is 38.8 Å². The summed E-state index contributed by atoms with van der Waals surface area (Å²) >= 11 is 0. The van der Waals surface area contributed by atoms with Crippen molar-refractivity contribution in [3.63, 3.8) is 0 Å². The van der Waals surface area contributed by atoms with E-state index in [4.69, 9.17) is 14.2 Å². The zero-order chi connectivity index (χ0) is 24.2. The largest absolute Gasteiger partial charge is 0.507 e. The predicted octanol–water partition coefficient (Wildman–Crippen LogP) is 3.22. The Labute approximate surface area is 201 Å². The molecule has 1 unspecified atom stereocenters. The summed E-state index contributed by atoms with van der Waals surface area (Å²) in [4.78, 5) is 14.5. The lowest BCUT2D eigenvalue weighted by atomic mass is 10.1. The summed E-state index contributed by atoms with van der Waals surface area (Å²) < 4.78 is 17.1. The van der Waals surface area contributed by atoms with Gasteiger partial charge in [-0.15, -0.1) is 0 Å². The Morgan fingerprint density at radius 2 is 1.76 bits per heavy atom. The number of nitrogens with zero attached hydrogens (tertiary/aromatic N) is 1. The molecule has 0 aromatic heterocycles. The van der Waals surface area contributed by atoms with Gasteiger partial charge in [0.05, 0.1) is 12.2 Å². The molecule has 1 heterocycles. The van der Waals surface area contributed by atoms with Gasteiger partial charge in [-0.3, -0.25) is 4.79 Å². The van der Waals surface area contributed by atoms with Crippen molar-refractivity contribution in [2.45, 2.75) is 38.7 Å². The van der Waals surface area contributed by atoms with Gasteiger partial charge in [0.25, 0.3) is 5.91 Å². The van der Waals surface area contributed by atoms with Crippen LogP contribution in [0.1, 0.15) is 43.0 Å². The van der Waals surface area contributed by atoms with Crippen LogP contribution in [0.5, 0.6) is 23.0 Å². The van der Waals surface area contributed by atoms with Gasteiger partial charge in [-0.05, 0) is 56.0 Å². The van der Waals surface area contributed by atoms with Crippen LogP contribution < -0.4 is 19.5 Å². The lowest BCUT2D eigenvalue weighted by Crippen LogP contribution is -2.35. The van der Waals surface area contributed by atoms with Crippen LogP contribution in [-0.2, 0) is 0 Å². The van der Waals surface area contributed by atoms with Crippen molar-refractivity contribution in [2.24, 2.45) is 0 Å². The van der Waals surface area contributed by atoms with Gasteiger partial charge in [-0.25, -0.2) is 0 Å². The number of aliphatic hydroxyl groups is 1. The summed E-state index contributed by atoms with van der Waals surface area (Å²) in [7, 11) is 0. The molecule has 8 nitrogen and oxygen atoms in total. The molecule has 1 amide bonds. The van der Waals surface area contributed by atoms with Gasteiger partial charge in [0.2, 0.25) is 0 Å². The summed E-state index contributed by atoms with van der Waals surface area (Å²) in [5.41, 5.74) is 0.267. The summed E-state index contributed by atoms with van der Waals surface area (Å²) in [5, 5.41) is 23.5. The topological polar surface area (TPSA) is 100 Å². The third kappa shape index (κ3) is 7.81. The van der Waals surface area contributed by atoms with Crippen molar-refractivity contribution in [1.29, 1.82) is 0 Å². The predicted molar refractivity (Wildman–Crippen MR) is 130 cm³/mol. The van der Waals surface area contributed by atoms with Gasteiger partial charge in [0.1, 0.15) is 30.8 Å². The summed E-state index contributed by atoms with van der Waals surface area (Å²) in [6.07, 6.45) is 3.33. The zero-order valence-electron chi connectivity index (χ0n) is 19.9. The number of likely N-dealkylation sites (tertiary alicyclic amines) is 1. The van der Waals surface area contributed by atoms with Crippen molar-refractivity contribution in [3.05, 3.63) is 48.0 Å². The van der Waals surface area contributed by atoms with Crippen molar-refractivity contribution in [3.8, 4) is 23.0 Å². The lowest BCUT2D eigenvalue weighted by Gasteiger charge is -2.27. The molecule has 0 saturated carbocycles. The molecule has 8 heteroatoms. The van der Waals surface area contributed by atoms with E-state index in [9.17, 15) is 15.0 Å². The first-order valence-electron chi connectivity index (χ1n) is 12.1. The summed E-state index contributed by atoms with van der Waals surface area (Å²) in [5.74, 6) is 1.61. The third-order valence-corrected chi connectivity index (χ3v) is 5.51. The number of rotatable bonds is 13. The number of aromatic hydroxyl groups is 1. The molecule has 2 aromatic carbocycles. The molecular weight excluding hydrogens is 436 g/mol. The molecular formula is C26H36N2O6. The van der Waals surface area contributed by atoms with E-state index >= 15 is 0 Å². The SMILES string of the molecule is CCCOc1ccccc1OCC(O)CNCCOc1ccc(O)c(C(=O)N2CCCCC2)c1. The Morgan fingerprint density at radius 1 is 1.03 bits per heavy atom. The van der Waals surface area contributed by atoms with Crippen LogP contribution in [0, 0.1) is 0 Å². The van der Waals surface area contributed by atoms with Crippen LogP contribution in [0.2, 0.25) is 0 Å². The van der Waals surface area contributed by atoms with Crippen LogP contribution >= 0.6 is 0 Å². The summed E-state index contributed by atoms with van der Waals surface area (Å²) in [6.45, 7) is 5.42. The van der Waals surface area contributed by atoms with E-state index in [1.165, 1.54) is 6.07 Å². The van der Waals surface area contributed by atoms with Crippen molar-refractivity contribution < 1.29 is 29.2 Å². The monoisotopic (exact) mass is 472 g/mol. The fourth-order valence-corrected chi connectivity index (χ4v) is 3.70. The number of aliphatic hydroxyl groups excluding tert-OH is 1. The van der Waals surface area contributed by atoms with Crippen LogP contribution in [0.15, 0.2) is 42.5 Å². The minimum atomic E-state index is -0.693. The molecule has 3 N–H and O–H groups in total. The van der Waals surface area contributed by atoms with Gasteiger partial charge in [0, 0.05) is 26.2 Å². The van der Waals surface area contributed by atoms with Gasteiger partial charge in [-0.2, -0.15) is 0 Å². The number of para-hydroxylation sites is 2. The number of carbonyl (C=O) groups excluding carboxylic acids is 1. The molecule has 34 heavy (non-hydrogen) atoms. The summed E-state index contributed by atoms with van der Waals surface area (Å²) in [6, 6.07) is 12.1. The molecule has 0 bridgehead atoms. The second-order valence-electron chi connectivity index (χ2n) is 8.34. The van der Waals surface area contributed by atoms with Gasteiger partial charge in [-0.1, -0.05) is 19.1 Å². The fourth-order valence-electron chi connectivity index (χ4n) is 3.70. The number of phenols is 1. The van der Waals surface area contributed by atoms with E-state index < -0.39 is 6.10 Å². The number of amides is 1. The Bertz CT molecular complexity index is 901. The number of carbonyl (C=O) groups is 1. The number of piperidine rings is 1. The molecule has 1 saturated heterocycles. The second kappa shape index (κ2) is 13.7. The van der Waals surface area contributed by atoms with E-state index in [2.05, 4.69) is 5.32 Å². The number of phenolic OH excluding ortho intramolecular Hbond substituents is 1. The first-order valence-corrected chi connectivity index (χ1v) is 12.1. The normalized spacial score (nSPS) is 14.5. The first-order chi connectivity index (χ1) is 16.6. The molecule has 3 rings (SSSR count). The number of hydrogen-bond acceptors (Lipinski definition) is 7. The van der Waals surface area contributed by atoms with Crippen molar-refractivity contribution >= 4 is 5.91 Å². The van der Waals surface area contributed by atoms with Crippen molar-refractivity contribution in [1.82, 2.24) is 10.2 Å². The molecule has 1 aliphatic rings. The third-order valence-electron chi connectivity index (χ3n) is 5.51. The Kier molecular flexibility index (Phi) is 10.3. The Balaban J connectivity index is 1.37. The Morgan fingerprint density at radius 3 is 2.50 bits per heavy atom. The maximum Gasteiger partial charge on any atom is 0.257 e. The average molecular weight is 473 g/mol. The number of nitrogens with one attached hydrogen (secondary N) is 1. The molecule has 186 valence electrons. The van der Waals surface area contributed by atoms with E-state index in [-0.39, 0.29) is 23.8 Å². The van der Waals surface area contributed by atoms with E-state index in [0.29, 0.717) is 43.6 Å². The average Bonchev–Trinajstić information content (AvgIpc) is 2.87. The van der Waals surface area contributed by atoms with Gasteiger partial charge >= 0.3 is 0 Å². The van der Waals surface area contributed by atoms with Crippen molar-refractivity contribution in [2.75, 3.05) is 46.0 Å². The zero-order valence-corrected chi connectivity index (χ0v) is 19.9. The van der Waals surface area contributed by atoms with Crippen LogP contribution in [-0.4, -0.2) is 73.1 Å². The van der Waals surface area contributed by atoms with Gasteiger partial charge < -0.3 is 34.6 Å². The molecule has 1 aliphatic heterocycles. The highest BCUT2D eigenvalue weighted by Gasteiger charge is 2.21. The molecule has 2 aromatic rings. The minimum absolute atomic E-state index is 0.0363. The van der Waals surface area contributed by atoms with Crippen LogP contribution in [0.4, 0.5) is 0 Å². The maximum absolute atomic E-state index is 12.7. The smallest absolute Gasteiger partial charge is 0.257 e. The highest BCUT2D eigenvalue weighted by atomic mass is 16.5. The van der Waals surface area contributed by atoms with Gasteiger partial charge in [0.15, 0.2) is 11.5 Å². The quantitative estimate of drug-likeness (QED) is 0.385. The Hall–Kier alpha value is -2.97. The van der Waals surface area contributed by atoms with Crippen LogP contribution in [0.25, 0.3) is 0 Å². The van der Waals surface area contributed by atoms with E-state index in [1.54, 1.807) is 17.0 Å². The number of benzene rings is 2. The maximum atomic E-state index is 12.7. The number of ether oxygens (including phenoxy) is 3. The van der Waals surface area contributed by atoms with Crippen LogP contribution in [0.3, 0.4) is 0 Å². The molecule has 1 atom stereocenters. The lowest BCUT2D eigenvalue weighted by molar-refractivity contribution is 0.0720. The fraction of sp³-hybridized carbons (Fsp3) is 0.500. The first kappa shape index (κ1) is 25.6. The molecule has 0 radical (unpaired) electrons. The van der Waals surface area contributed by atoms with E-state index in [1.807, 2.05) is 31.2 Å². The highest BCUT2D eigenvalue weighted by molar-refractivity contribution is 5.97. The highest BCUT2D eigenvalue weighted by Crippen LogP contribution is 2.27. The molecule has 0 spiro atoms. The molecule has 1 fully saturated rings. The standard InChI is InChI=1S/C26H36N2O6/c1-2-15-33-24-8-4-5-9-25(24)34-19-20(29)18-27-12-16-32-21-10-11-23(30)22(17-21)26(31)28-13-6-3-7-14-28/h4-5,8-11,17,20,27,29-30H,2-3,6-7,12-16,18-19H2,1H3. The second-order valence-corrected chi connectivity index (χ2v) is 8.34.